The first kappa shape index (κ1) is 18.8. The number of hydrogen-bond acceptors (Lipinski definition) is 4. The van der Waals surface area contributed by atoms with Crippen molar-refractivity contribution in [2.45, 2.75) is 0 Å². The van der Waals surface area contributed by atoms with Gasteiger partial charge in [-0.05, 0) is 0 Å². The Morgan fingerprint density at radius 1 is 1.10 bits per heavy atom. The van der Waals surface area contributed by atoms with Gasteiger partial charge in [-0.2, -0.15) is 0 Å². The molecule has 1 radical (unpaired) electrons. The van der Waals surface area contributed by atoms with Crippen LogP contribution in [0.5, 0.6) is 0 Å². The Morgan fingerprint density at radius 3 is 1.10 bits per heavy atom. The first-order chi connectivity index (χ1) is 3.73. The third-order valence-electron chi connectivity index (χ3n) is 0. The molecule has 0 bridgehead atoms. The monoisotopic (exact) mass is 422 g/mol. The molecule has 0 aromatic carbocycles. The molecule has 0 aliphatic carbocycles. The molecule has 0 atom stereocenters. The van der Waals surface area contributed by atoms with Crippen LogP contribution in [0, 0.1) is 0 Å². The molecule has 0 saturated carbocycles. The summed E-state index contributed by atoms with van der Waals surface area (Å²) in [5, 5.41) is 0. The van der Waals surface area contributed by atoms with Gasteiger partial charge in [-0.15, -0.1) is 0 Å². The fraction of sp³-hybridized carbons (Fsp3) is 0. The smallest absolute Gasteiger partial charge is 0.256 e. The minimum absolute atomic E-state index is 0. The van der Waals surface area contributed by atoms with Gasteiger partial charge < -0.3 is 0 Å². The van der Waals surface area contributed by atoms with E-state index in [1.807, 2.05) is 0 Å². The molecule has 0 fully saturated rings. The number of rotatable bonds is 0. The zero-order valence-corrected chi connectivity index (χ0v) is 12.7. The molecule has 0 aromatic heterocycles. The van der Waals surface area contributed by atoms with E-state index in [0.717, 1.165) is 0 Å². The second kappa shape index (κ2) is 10.1. The Bertz CT molecular complexity index is 57.3. The SMILES string of the molecule is [Cl][Ru]([Cl])[Cl].[Na].[O-][I+3]([O-])([O-])O. The molecule has 0 rings (SSSR count). The molecule has 1 N–H and O–H groups in total. The fourth-order valence-corrected chi connectivity index (χ4v) is 0. The maximum atomic E-state index is 8.73. The van der Waals surface area contributed by atoms with Crippen molar-refractivity contribution in [2.24, 2.45) is 0 Å². The molecule has 10 heteroatoms. The van der Waals surface area contributed by atoms with E-state index < -0.39 is 33.1 Å². The van der Waals surface area contributed by atoms with Gasteiger partial charge in [-0.25, -0.2) is 0 Å². The van der Waals surface area contributed by atoms with Crippen molar-refractivity contribution in [1.82, 2.24) is 0 Å². The van der Waals surface area contributed by atoms with Gasteiger partial charge in [0.1, 0.15) is 0 Å². The van der Waals surface area contributed by atoms with Gasteiger partial charge >= 0.3 is 62.1 Å². The van der Waals surface area contributed by atoms with E-state index in [4.69, 9.17) is 42.8 Å². The zero-order valence-electron chi connectivity index (χ0n) is 4.54. The minimum atomic E-state index is -5.69. The van der Waals surface area contributed by atoms with Crippen molar-refractivity contribution in [2.75, 3.05) is 0 Å². The molecule has 0 amide bonds. The molecule has 0 aliphatic heterocycles. The Balaban J connectivity index is -0.0000000910. The molecule has 0 aromatic rings. The van der Waals surface area contributed by atoms with Gasteiger partial charge in [-0.1, -0.05) is 0 Å². The van der Waals surface area contributed by atoms with Crippen LogP contribution in [0.3, 0.4) is 0 Å². The van der Waals surface area contributed by atoms with Crippen molar-refractivity contribution in [3.63, 3.8) is 0 Å². The van der Waals surface area contributed by atoms with Crippen LogP contribution in [-0.4, -0.2) is 33.0 Å². The molecule has 0 saturated heterocycles. The fourth-order valence-electron chi connectivity index (χ4n) is 0. The maximum absolute atomic E-state index is 8.73. The summed E-state index contributed by atoms with van der Waals surface area (Å²) in [6.07, 6.45) is 0. The molecule has 4 nitrogen and oxygen atoms in total. The predicted molar refractivity (Wildman–Crippen MR) is 25.5 cm³/mol. The van der Waals surface area contributed by atoms with Crippen molar-refractivity contribution >= 4 is 58.6 Å². The van der Waals surface area contributed by atoms with Crippen LogP contribution in [0.4, 0.5) is 0 Å². The van der Waals surface area contributed by atoms with Gasteiger partial charge in [-0.3, -0.25) is 10.3 Å². The summed E-state index contributed by atoms with van der Waals surface area (Å²) in [7, 11) is 14.8. The van der Waals surface area contributed by atoms with E-state index in [2.05, 4.69) is 0 Å². The van der Waals surface area contributed by atoms with Gasteiger partial charge in [0.25, 0.3) is 0 Å². The van der Waals surface area contributed by atoms with Crippen molar-refractivity contribution in [1.29, 1.82) is 0 Å². The molecular formula is HCl3INaO4Ru. The summed E-state index contributed by atoms with van der Waals surface area (Å²) in [6.45, 7) is 0. The number of hydrogen-bond donors (Lipinski definition) is 1. The molecule has 0 spiro atoms. The predicted octanol–water partition coefficient (Wildman–Crippen LogP) is -5.43. The van der Waals surface area contributed by atoms with Crippen molar-refractivity contribution in [3.05, 3.63) is 0 Å². The van der Waals surface area contributed by atoms with E-state index in [1.165, 1.54) is 0 Å². The summed E-state index contributed by atoms with van der Waals surface area (Å²) in [5.74, 6) is 0. The normalized spacial score (nSPS) is 10.5. The third-order valence-corrected chi connectivity index (χ3v) is 0. The van der Waals surface area contributed by atoms with Crippen LogP contribution < -0.4 is 30.4 Å². The molecule has 0 unspecified atom stereocenters. The van der Waals surface area contributed by atoms with E-state index in [9.17, 15) is 0 Å². The number of halogens is 4. The summed E-state index contributed by atoms with van der Waals surface area (Å²) in [6, 6.07) is 0. The quantitative estimate of drug-likeness (QED) is 0.312. The summed E-state index contributed by atoms with van der Waals surface area (Å²) < 4.78 is 33.2. The molecule has 10 heavy (non-hydrogen) atoms. The van der Waals surface area contributed by atoms with Crippen LogP contribution in [0.25, 0.3) is 0 Å². The zero-order chi connectivity index (χ0) is 8.08. The minimum Gasteiger partial charge on any atom is -0.256 e. The van der Waals surface area contributed by atoms with E-state index in [-0.39, 0.29) is 29.6 Å². The summed E-state index contributed by atoms with van der Waals surface area (Å²) >= 11 is -7.44. The summed E-state index contributed by atoms with van der Waals surface area (Å²) in [4.78, 5) is 0. The van der Waals surface area contributed by atoms with E-state index in [0.29, 0.717) is 0 Å². The van der Waals surface area contributed by atoms with Crippen LogP contribution in [0.2, 0.25) is 0 Å². The average Bonchev–Trinajstić information content (AvgIpc) is 1.19. The molecule has 0 aliphatic rings. The Hall–Kier alpha value is 3.06. The average molecular weight is 422 g/mol. The standard InChI is InChI=1S/3ClH.HIO4.Na.Ru/c;;;2-1(3,4)5;;/h3*1H;2H;;/q;;;;;+3/p-3. The Kier molecular flexibility index (Phi) is 19.0. The first-order valence-electron chi connectivity index (χ1n) is 1.03. The topological polar surface area (TPSA) is 89.4 Å². The Morgan fingerprint density at radius 2 is 1.10 bits per heavy atom. The Labute approximate surface area is 104 Å². The van der Waals surface area contributed by atoms with Crippen LogP contribution in [0.15, 0.2) is 0 Å². The molecule has 0 heterocycles. The second-order valence-corrected chi connectivity index (χ2v) is 10.7. The van der Waals surface area contributed by atoms with E-state index in [1.54, 1.807) is 0 Å². The van der Waals surface area contributed by atoms with Crippen molar-refractivity contribution in [3.8, 4) is 0 Å². The van der Waals surface area contributed by atoms with Crippen LogP contribution in [-0.2, 0) is 13.0 Å². The maximum Gasteiger partial charge on any atom is 0.368 e. The van der Waals surface area contributed by atoms with Crippen LogP contribution >= 0.6 is 29.1 Å². The molecular weight excluding hydrogens is 421 g/mol. The largest absolute Gasteiger partial charge is 0.368 e. The van der Waals surface area contributed by atoms with Gasteiger partial charge in [0, 0.05) is 33.0 Å². The third kappa shape index (κ3) is 119. The van der Waals surface area contributed by atoms with Crippen LogP contribution in [0.1, 0.15) is 0 Å². The summed E-state index contributed by atoms with van der Waals surface area (Å²) in [5.41, 5.74) is 0. The first-order valence-corrected chi connectivity index (χ1v) is 11.4. The van der Waals surface area contributed by atoms with Gasteiger partial charge in [0.15, 0.2) is 0 Å². The van der Waals surface area contributed by atoms with Gasteiger partial charge in [0.2, 0.25) is 0 Å². The van der Waals surface area contributed by atoms with E-state index >= 15 is 0 Å². The van der Waals surface area contributed by atoms with Crippen molar-refractivity contribution < 1.29 is 46.8 Å². The van der Waals surface area contributed by atoms with Gasteiger partial charge in [0.05, 0.1) is 0 Å². The second-order valence-electron chi connectivity index (χ2n) is 0.548. The molecule has 62 valence electrons.